The van der Waals surface area contributed by atoms with E-state index in [1.165, 1.54) is 4.90 Å². The summed E-state index contributed by atoms with van der Waals surface area (Å²) in [6.45, 7) is 19.8. The maximum absolute atomic E-state index is 2.60. The van der Waals surface area contributed by atoms with Crippen LogP contribution in [-0.4, -0.2) is 20.1 Å². The zero-order valence-electron chi connectivity index (χ0n) is 15.0. The molecule has 0 aliphatic carbocycles. The van der Waals surface area contributed by atoms with Gasteiger partial charge in [0.15, 0.2) is 0 Å². The second-order valence-electron chi connectivity index (χ2n) is 7.89. The number of benzene rings is 1. The molecule has 0 nitrogen and oxygen atoms in total. The average molecular weight is 337 g/mol. The van der Waals surface area contributed by atoms with Crippen LogP contribution in [0.25, 0.3) is 0 Å². The molecule has 0 saturated heterocycles. The van der Waals surface area contributed by atoms with E-state index in [1.807, 2.05) is 0 Å². The number of hydrogen-bond acceptors (Lipinski definition) is 1. The summed E-state index contributed by atoms with van der Waals surface area (Å²) in [4.78, 5) is 2.09. The van der Waals surface area contributed by atoms with Crippen molar-refractivity contribution in [1.82, 2.24) is 0 Å². The fourth-order valence-corrected chi connectivity index (χ4v) is 12.4. The molecule has 0 aromatic heterocycles. The van der Waals surface area contributed by atoms with Crippen molar-refractivity contribution in [2.24, 2.45) is 5.92 Å². The van der Waals surface area contributed by atoms with Crippen molar-refractivity contribution in [1.29, 1.82) is 0 Å². The summed E-state index contributed by atoms with van der Waals surface area (Å²) < 4.78 is 0. The molecule has 0 saturated carbocycles. The van der Waals surface area contributed by atoms with E-state index in [2.05, 4.69) is 102 Å². The Morgan fingerprint density at radius 2 is 1.52 bits per heavy atom. The minimum absolute atomic E-state index is 0.648. The fourth-order valence-electron chi connectivity index (χ4n) is 1.89. The van der Waals surface area contributed by atoms with Gasteiger partial charge in [0.2, 0.25) is 0 Å². The Morgan fingerprint density at radius 3 is 1.95 bits per heavy atom. The minimum atomic E-state index is -1.30. The van der Waals surface area contributed by atoms with Gasteiger partial charge in [0, 0.05) is 17.4 Å². The summed E-state index contributed by atoms with van der Waals surface area (Å²) in [6.07, 6.45) is 2.59. The van der Waals surface area contributed by atoms with E-state index >= 15 is 0 Å². The summed E-state index contributed by atoms with van der Waals surface area (Å²) in [5.74, 6) is 0.648. The maximum Gasteiger partial charge on any atom is 0.0608 e. The lowest BCUT2D eigenvalue weighted by Gasteiger charge is -2.41. The van der Waals surface area contributed by atoms with Gasteiger partial charge in [0.1, 0.15) is 0 Å². The van der Waals surface area contributed by atoms with E-state index in [4.69, 9.17) is 0 Å². The Labute approximate surface area is 138 Å². The van der Waals surface area contributed by atoms with E-state index in [9.17, 15) is 0 Å². The van der Waals surface area contributed by atoms with Gasteiger partial charge in [-0.15, -0.1) is 11.8 Å². The van der Waals surface area contributed by atoms with Crippen LogP contribution in [0.4, 0.5) is 0 Å². The smallest absolute Gasteiger partial charge is 0.0608 e. The highest BCUT2D eigenvalue weighted by Crippen LogP contribution is 2.36. The normalized spacial score (nSPS) is 15.4. The largest absolute Gasteiger partial charge is 0.122 e. The van der Waals surface area contributed by atoms with Crippen LogP contribution in [0.3, 0.4) is 0 Å². The van der Waals surface area contributed by atoms with Crippen LogP contribution < -0.4 is 0 Å². The Bertz CT molecular complexity index is 470. The highest BCUT2D eigenvalue weighted by atomic mass is 32.2. The molecule has 0 radical (unpaired) electrons. The first-order valence-electron chi connectivity index (χ1n) is 7.95. The van der Waals surface area contributed by atoms with E-state index in [0.29, 0.717) is 10.8 Å². The molecule has 0 amide bonds. The third-order valence-electron chi connectivity index (χ3n) is 4.98. The van der Waals surface area contributed by atoms with Gasteiger partial charge >= 0.3 is 0 Å². The standard InChI is InChI=1S/C18H32SSi2/c1-15(2)16(3)14-18(21(7,8)20(4,5)6)19-17-12-10-9-11-13-17/h9-15,18H,1-8H3/b16-14-. The first-order chi connectivity index (χ1) is 9.55. The molecule has 0 spiro atoms. The molecule has 0 aliphatic heterocycles. The SMILES string of the molecule is C/C(=C/C(Sc1ccccc1)[Si](C)(C)[Si](C)(C)C)C(C)C. The first kappa shape index (κ1) is 18.8. The molecule has 3 heteroatoms. The van der Waals surface area contributed by atoms with Crippen LogP contribution in [-0.2, 0) is 0 Å². The summed E-state index contributed by atoms with van der Waals surface area (Å²) in [7, 11) is -2.43. The summed E-state index contributed by atoms with van der Waals surface area (Å²) >= 11 is 2.09. The third-order valence-corrected chi connectivity index (χ3v) is 26.6. The van der Waals surface area contributed by atoms with E-state index in [0.717, 1.165) is 0 Å². The third kappa shape index (κ3) is 5.15. The van der Waals surface area contributed by atoms with Gasteiger partial charge in [-0.05, 0) is 25.0 Å². The van der Waals surface area contributed by atoms with Gasteiger partial charge in [-0.25, -0.2) is 0 Å². The summed E-state index contributed by atoms with van der Waals surface area (Å²) in [6, 6.07) is 10.9. The van der Waals surface area contributed by atoms with Crippen molar-refractivity contribution in [2.45, 2.75) is 63.3 Å². The number of hydrogen-bond donors (Lipinski definition) is 0. The van der Waals surface area contributed by atoms with Crippen molar-refractivity contribution in [3.8, 4) is 0 Å². The molecule has 1 atom stereocenters. The van der Waals surface area contributed by atoms with Gasteiger partial charge in [-0.2, -0.15) is 0 Å². The Morgan fingerprint density at radius 1 is 1.00 bits per heavy atom. The topological polar surface area (TPSA) is 0 Å². The monoisotopic (exact) mass is 336 g/mol. The molecular formula is C18H32SSi2. The van der Waals surface area contributed by atoms with Crippen LogP contribution in [0.15, 0.2) is 46.9 Å². The van der Waals surface area contributed by atoms with Gasteiger partial charge < -0.3 is 0 Å². The lowest BCUT2D eigenvalue weighted by atomic mass is 10.1. The van der Waals surface area contributed by atoms with Crippen LogP contribution in [0.2, 0.25) is 32.7 Å². The van der Waals surface area contributed by atoms with Gasteiger partial charge in [0.05, 0.1) is 7.59 Å². The predicted molar refractivity (Wildman–Crippen MR) is 106 cm³/mol. The molecule has 1 aromatic rings. The molecule has 0 heterocycles. The molecular weight excluding hydrogens is 304 g/mol. The Hall–Kier alpha value is -0.256. The minimum Gasteiger partial charge on any atom is -0.122 e. The molecule has 0 N–H and O–H groups in total. The molecule has 0 aliphatic rings. The van der Waals surface area contributed by atoms with Crippen LogP contribution in [0.1, 0.15) is 20.8 Å². The van der Waals surface area contributed by atoms with Crippen molar-refractivity contribution in [2.75, 3.05) is 0 Å². The van der Waals surface area contributed by atoms with Crippen molar-refractivity contribution < 1.29 is 0 Å². The van der Waals surface area contributed by atoms with Crippen LogP contribution >= 0.6 is 11.8 Å². The van der Waals surface area contributed by atoms with Gasteiger partial charge in [-0.1, -0.05) is 76.4 Å². The van der Waals surface area contributed by atoms with E-state index < -0.39 is 15.2 Å². The Balaban J connectivity index is 3.15. The van der Waals surface area contributed by atoms with E-state index in [-0.39, 0.29) is 0 Å². The van der Waals surface area contributed by atoms with Crippen molar-refractivity contribution >= 4 is 26.9 Å². The highest BCUT2D eigenvalue weighted by molar-refractivity contribution is 8.02. The summed E-state index contributed by atoms with van der Waals surface area (Å²) in [5, 5.41) is 0. The van der Waals surface area contributed by atoms with Crippen molar-refractivity contribution in [3.63, 3.8) is 0 Å². The van der Waals surface area contributed by atoms with Crippen LogP contribution in [0, 0.1) is 5.92 Å². The number of thioether (sulfide) groups is 1. The lowest BCUT2D eigenvalue weighted by molar-refractivity contribution is 0.766. The molecule has 21 heavy (non-hydrogen) atoms. The lowest BCUT2D eigenvalue weighted by Crippen LogP contribution is -2.59. The zero-order chi connectivity index (χ0) is 16.3. The van der Waals surface area contributed by atoms with E-state index in [1.54, 1.807) is 5.57 Å². The van der Waals surface area contributed by atoms with Gasteiger partial charge in [-0.3, -0.25) is 0 Å². The second kappa shape index (κ2) is 7.34. The number of allylic oxidation sites excluding steroid dienone is 1. The average Bonchev–Trinajstić information content (AvgIpc) is 2.37. The first-order valence-corrected chi connectivity index (χ1v) is 16.4. The molecule has 1 rings (SSSR count). The highest BCUT2D eigenvalue weighted by Gasteiger charge is 2.43. The predicted octanol–water partition coefficient (Wildman–Crippen LogP) is 6.41. The summed E-state index contributed by atoms with van der Waals surface area (Å²) in [5.41, 5.74) is 1.54. The van der Waals surface area contributed by atoms with Gasteiger partial charge in [0.25, 0.3) is 0 Å². The molecule has 1 aromatic carbocycles. The molecule has 0 fully saturated rings. The maximum atomic E-state index is 2.60. The quantitative estimate of drug-likeness (QED) is 0.328. The zero-order valence-corrected chi connectivity index (χ0v) is 17.8. The Kier molecular flexibility index (Phi) is 6.57. The fraction of sp³-hybridized carbons (Fsp3) is 0.556. The molecule has 1 unspecified atom stereocenters. The number of rotatable bonds is 6. The molecule has 0 bridgehead atoms. The second-order valence-corrected chi connectivity index (χ2v) is 26.5. The molecule has 118 valence electrons. The van der Waals surface area contributed by atoms with Crippen molar-refractivity contribution in [3.05, 3.63) is 42.0 Å². The van der Waals surface area contributed by atoms with Crippen LogP contribution in [0.5, 0.6) is 0 Å².